The first-order valence-corrected chi connectivity index (χ1v) is 12.2. The summed E-state index contributed by atoms with van der Waals surface area (Å²) in [5.74, 6) is 0.220. The van der Waals surface area contributed by atoms with Gasteiger partial charge in [0.25, 0.3) is 11.1 Å². The lowest BCUT2D eigenvalue weighted by Gasteiger charge is -2.13. The van der Waals surface area contributed by atoms with E-state index in [1.165, 1.54) is 4.90 Å². The molecule has 2 amide bonds. The van der Waals surface area contributed by atoms with Crippen LogP contribution in [0, 0.1) is 3.57 Å². The molecule has 0 aliphatic carbocycles. The average Bonchev–Trinajstić information content (AvgIpc) is 3.02. The van der Waals surface area contributed by atoms with Gasteiger partial charge in [0.2, 0.25) is 0 Å². The van der Waals surface area contributed by atoms with Crippen molar-refractivity contribution in [2.24, 2.45) is 0 Å². The van der Waals surface area contributed by atoms with Crippen LogP contribution in [-0.4, -0.2) is 16.0 Å². The molecule has 1 aliphatic heterocycles. The van der Waals surface area contributed by atoms with E-state index in [1.807, 2.05) is 42.5 Å². The summed E-state index contributed by atoms with van der Waals surface area (Å²) in [5.41, 5.74) is 2.43. The molecule has 1 saturated heterocycles. The van der Waals surface area contributed by atoms with Gasteiger partial charge >= 0.3 is 0 Å². The molecule has 3 aromatic carbocycles. The van der Waals surface area contributed by atoms with Gasteiger partial charge in [-0.3, -0.25) is 14.5 Å². The Hall–Kier alpha value is -2.00. The van der Waals surface area contributed by atoms with Crippen molar-refractivity contribution >= 4 is 74.8 Å². The second-order valence-corrected chi connectivity index (χ2v) is 10.1. The smallest absolute Gasteiger partial charge is 0.293 e. The van der Waals surface area contributed by atoms with Crippen molar-refractivity contribution < 1.29 is 14.3 Å². The van der Waals surface area contributed by atoms with Crippen LogP contribution in [0.4, 0.5) is 4.79 Å². The number of hydrogen-bond acceptors (Lipinski definition) is 4. The monoisotopic (exact) mass is 595 g/mol. The molecule has 4 rings (SSSR count). The first-order valence-electron chi connectivity index (χ1n) is 9.55. The molecular formula is C24H16Cl2INO3S. The van der Waals surface area contributed by atoms with Gasteiger partial charge in [0.15, 0.2) is 0 Å². The zero-order chi connectivity index (χ0) is 22.7. The van der Waals surface area contributed by atoms with Crippen molar-refractivity contribution in [3.05, 3.63) is 102 Å². The summed E-state index contributed by atoms with van der Waals surface area (Å²) in [5, 5.41) is 0.830. The van der Waals surface area contributed by atoms with E-state index < -0.39 is 0 Å². The largest absolute Gasteiger partial charge is 0.488 e. The molecule has 0 spiro atoms. The fourth-order valence-corrected chi connectivity index (χ4v) is 4.68. The zero-order valence-corrected chi connectivity index (χ0v) is 21.0. The Bertz CT molecular complexity index is 1210. The number of carbonyl (C=O) groups excluding carboxylic acids is 2. The number of thioether (sulfide) groups is 1. The van der Waals surface area contributed by atoms with Crippen LogP contribution in [0.25, 0.3) is 6.08 Å². The summed E-state index contributed by atoms with van der Waals surface area (Å²) in [7, 11) is 0. The SMILES string of the molecule is O=C1S/C(=C/c2cc(Cl)ccc2OCc2cccc(Cl)c2)C(=O)N1Cc1ccc(I)cc1. The van der Waals surface area contributed by atoms with Crippen LogP contribution in [0.1, 0.15) is 16.7 Å². The van der Waals surface area contributed by atoms with Crippen molar-refractivity contribution in [2.75, 3.05) is 0 Å². The number of imide groups is 1. The van der Waals surface area contributed by atoms with Gasteiger partial charge in [0.05, 0.1) is 11.4 Å². The molecule has 0 bridgehead atoms. The zero-order valence-electron chi connectivity index (χ0n) is 16.6. The predicted octanol–water partition coefficient (Wildman–Crippen LogP) is 7.41. The molecule has 0 radical (unpaired) electrons. The lowest BCUT2D eigenvalue weighted by atomic mass is 10.1. The highest BCUT2D eigenvalue weighted by molar-refractivity contribution is 14.1. The topological polar surface area (TPSA) is 46.6 Å². The molecule has 162 valence electrons. The Morgan fingerprint density at radius 2 is 1.69 bits per heavy atom. The van der Waals surface area contributed by atoms with Gasteiger partial charge in [0.1, 0.15) is 12.4 Å². The molecule has 0 saturated carbocycles. The maximum Gasteiger partial charge on any atom is 0.293 e. The number of nitrogens with zero attached hydrogens (tertiary/aromatic N) is 1. The molecule has 0 atom stereocenters. The van der Waals surface area contributed by atoms with E-state index in [2.05, 4.69) is 22.6 Å². The standard InChI is InChI=1S/C24H16Cl2INO3S/c25-18-3-1-2-16(10-18)14-31-21-9-6-19(26)11-17(21)12-22-23(29)28(24(30)32-22)13-15-4-7-20(27)8-5-15/h1-12H,13-14H2/b22-12+. The van der Waals surface area contributed by atoms with E-state index in [0.29, 0.717) is 32.9 Å². The summed E-state index contributed by atoms with van der Waals surface area (Å²) >= 11 is 15.3. The number of carbonyl (C=O) groups is 2. The first-order chi connectivity index (χ1) is 15.4. The fraction of sp³-hybridized carbons (Fsp3) is 0.0833. The van der Waals surface area contributed by atoms with E-state index in [4.69, 9.17) is 27.9 Å². The van der Waals surface area contributed by atoms with Gasteiger partial charge < -0.3 is 4.74 Å². The van der Waals surface area contributed by atoms with Gasteiger partial charge in [0, 0.05) is 19.2 Å². The molecule has 1 aliphatic rings. The Labute approximate surface area is 213 Å². The summed E-state index contributed by atoms with van der Waals surface area (Å²) in [4.78, 5) is 27.0. The van der Waals surface area contributed by atoms with Gasteiger partial charge in [-0.25, -0.2) is 0 Å². The lowest BCUT2D eigenvalue weighted by Crippen LogP contribution is -2.27. The van der Waals surface area contributed by atoms with Gasteiger partial charge in [-0.05, 0) is 94.0 Å². The van der Waals surface area contributed by atoms with Gasteiger partial charge in [-0.15, -0.1) is 0 Å². The maximum atomic E-state index is 12.9. The second-order valence-electron chi connectivity index (χ2n) is 7.00. The van der Waals surface area contributed by atoms with Gasteiger partial charge in [-0.1, -0.05) is 47.5 Å². The number of ether oxygens (including phenoxy) is 1. The number of amides is 2. The molecule has 8 heteroatoms. The minimum atomic E-state index is -0.334. The third-order valence-corrected chi connectivity index (χ3v) is 6.77. The molecule has 4 nitrogen and oxygen atoms in total. The van der Waals surface area contributed by atoms with Crippen LogP contribution >= 0.6 is 57.6 Å². The van der Waals surface area contributed by atoms with Crippen LogP contribution in [0.2, 0.25) is 10.0 Å². The quantitative estimate of drug-likeness (QED) is 0.220. The van der Waals surface area contributed by atoms with Crippen molar-refractivity contribution in [2.45, 2.75) is 13.2 Å². The summed E-state index contributed by atoms with van der Waals surface area (Å²) in [6, 6.07) is 20.3. The lowest BCUT2D eigenvalue weighted by molar-refractivity contribution is -0.123. The molecule has 0 N–H and O–H groups in total. The molecule has 0 aromatic heterocycles. The van der Waals surface area contributed by atoms with Crippen LogP contribution < -0.4 is 4.74 Å². The Morgan fingerprint density at radius 1 is 0.938 bits per heavy atom. The van der Waals surface area contributed by atoms with E-state index in [1.54, 1.807) is 30.3 Å². The molecule has 1 heterocycles. The average molecular weight is 596 g/mol. The van der Waals surface area contributed by atoms with Crippen LogP contribution in [0.15, 0.2) is 71.6 Å². The molecular weight excluding hydrogens is 580 g/mol. The van der Waals surface area contributed by atoms with Crippen molar-refractivity contribution in [3.63, 3.8) is 0 Å². The summed E-state index contributed by atoms with van der Waals surface area (Å²) in [6.07, 6.45) is 1.65. The Kier molecular flexibility index (Phi) is 7.45. The van der Waals surface area contributed by atoms with Gasteiger partial charge in [-0.2, -0.15) is 0 Å². The highest BCUT2D eigenvalue weighted by Crippen LogP contribution is 2.36. The highest BCUT2D eigenvalue weighted by Gasteiger charge is 2.35. The summed E-state index contributed by atoms with van der Waals surface area (Å²) < 4.78 is 7.05. The number of hydrogen-bond donors (Lipinski definition) is 0. The number of benzene rings is 3. The van der Waals surface area contributed by atoms with E-state index in [0.717, 1.165) is 26.5 Å². The number of rotatable bonds is 6. The third-order valence-electron chi connectivity index (χ3n) is 4.67. The Morgan fingerprint density at radius 3 is 2.44 bits per heavy atom. The normalized spacial score (nSPS) is 15.0. The first kappa shape index (κ1) is 23.2. The van der Waals surface area contributed by atoms with Crippen LogP contribution in [-0.2, 0) is 17.9 Å². The minimum Gasteiger partial charge on any atom is -0.488 e. The second kappa shape index (κ2) is 10.3. The van der Waals surface area contributed by atoms with E-state index >= 15 is 0 Å². The molecule has 0 unspecified atom stereocenters. The molecule has 3 aromatic rings. The molecule has 1 fully saturated rings. The predicted molar refractivity (Wildman–Crippen MR) is 138 cm³/mol. The van der Waals surface area contributed by atoms with Crippen LogP contribution in [0.5, 0.6) is 5.75 Å². The van der Waals surface area contributed by atoms with Crippen molar-refractivity contribution in [1.82, 2.24) is 4.90 Å². The van der Waals surface area contributed by atoms with Crippen LogP contribution in [0.3, 0.4) is 0 Å². The summed E-state index contributed by atoms with van der Waals surface area (Å²) in [6.45, 7) is 0.532. The number of halogens is 3. The van der Waals surface area contributed by atoms with E-state index in [9.17, 15) is 9.59 Å². The van der Waals surface area contributed by atoms with E-state index in [-0.39, 0.29) is 17.7 Å². The highest BCUT2D eigenvalue weighted by atomic mass is 127. The maximum absolute atomic E-state index is 12.9. The Balaban J connectivity index is 1.55. The van der Waals surface area contributed by atoms with Crippen molar-refractivity contribution in [1.29, 1.82) is 0 Å². The third kappa shape index (κ3) is 5.67. The van der Waals surface area contributed by atoms with Crippen molar-refractivity contribution in [3.8, 4) is 5.75 Å². The molecule has 32 heavy (non-hydrogen) atoms. The fourth-order valence-electron chi connectivity index (χ4n) is 3.10. The minimum absolute atomic E-state index is 0.229.